The van der Waals surface area contributed by atoms with Crippen LogP contribution in [0.5, 0.6) is 0 Å². The van der Waals surface area contributed by atoms with Crippen LogP contribution in [0.2, 0.25) is 0 Å². The van der Waals surface area contributed by atoms with E-state index in [9.17, 15) is 14.4 Å². The van der Waals surface area contributed by atoms with Gasteiger partial charge in [-0.3, -0.25) is 14.4 Å². The summed E-state index contributed by atoms with van der Waals surface area (Å²) in [5.74, 6) is 3.60. The van der Waals surface area contributed by atoms with Crippen molar-refractivity contribution in [3.8, 4) is 0 Å². The molecule has 6 heteroatoms. The molecule has 1 aromatic rings. The summed E-state index contributed by atoms with van der Waals surface area (Å²) in [4.78, 5) is 41.8. The first-order valence-corrected chi connectivity index (χ1v) is 13.7. The number of aromatic nitrogens is 1. The monoisotopic (exact) mass is 467 g/mol. The van der Waals surface area contributed by atoms with Gasteiger partial charge in [0.1, 0.15) is 11.1 Å². The van der Waals surface area contributed by atoms with E-state index in [-0.39, 0.29) is 22.9 Å². The highest BCUT2D eigenvalue weighted by Crippen LogP contribution is 2.56. The second kappa shape index (κ2) is 9.87. The zero-order valence-corrected chi connectivity index (χ0v) is 20.9. The molecule has 34 heavy (non-hydrogen) atoms. The van der Waals surface area contributed by atoms with E-state index < -0.39 is 5.43 Å². The number of nitrogens with one attached hydrogen (secondary N) is 1. The Morgan fingerprint density at radius 1 is 0.912 bits per heavy atom. The Morgan fingerprint density at radius 2 is 1.50 bits per heavy atom. The van der Waals surface area contributed by atoms with Gasteiger partial charge in [-0.2, -0.15) is 0 Å². The minimum atomic E-state index is -0.420. The normalized spacial score (nSPS) is 30.4. The molecule has 0 aromatic carbocycles. The Balaban J connectivity index is 1.35. The first-order chi connectivity index (χ1) is 16.4. The molecule has 5 fully saturated rings. The molecule has 1 aliphatic heterocycles. The summed E-state index contributed by atoms with van der Waals surface area (Å²) in [6.07, 6.45) is 14.2. The molecule has 0 atom stereocenters. The molecule has 0 spiro atoms. The van der Waals surface area contributed by atoms with Gasteiger partial charge in [0.25, 0.3) is 11.8 Å². The fourth-order valence-corrected chi connectivity index (χ4v) is 7.59. The van der Waals surface area contributed by atoms with E-state index in [0.29, 0.717) is 38.0 Å². The molecule has 0 unspecified atom stereocenters. The Morgan fingerprint density at radius 3 is 2.09 bits per heavy atom. The summed E-state index contributed by atoms with van der Waals surface area (Å²) in [5, 5.41) is 3.13. The number of nitrogens with zero attached hydrogens (tertiary/aromatic N) is 2. The van der Waals surface area contributed by atoms with Crippen LogP contribution in [0.25, 0.3) is 0 Å². The predicted octanol–water partition coefficient (Wildman–Crippen LogP) is 4.32. The number of pyridine rings is 1. The highest BCUT2D eigenvalue weighted by atomic mass is 16.2. The summed E-state index contributed by atoms with van der Waals surface area (Å²) < 4.78 is 1.87. The molecule has 5 aliphatic rings. The van der Waals surface area contributed by atoms with Gasteiger partial charge < -0.3 is 14.8 Å². The van der Waals surface area contributed by atoms with Crippen LogP contribution in [0, 0.1) is 35.5 Å². The standard InChI is InChI=1S/C28H41N3O3/c1-18(2)15-30-16-24(26(32)25(17-30)28(34)31-7-5-3-4-6-8-31)27(33)29-14-23-21-10-19-9-20(12-21)13-22(23)11-19/h16-23H,3-15H2,1-2H3,(H,29,33). The van der Waals surface area contributed by atoms with Crippen molar-refractivity contribution >= 4 is 11.8 Å². The number of amides is 2. The Bertz CT molecular complexity index is 946. The van der Waals surface area contributed by atoms with Gasteiger partial charge in [0.05, 0.1) is 0 Å². The number of carbonyl (C=O) groups excluding carboxylic acids is 2. The second-order valence-corrected chi connectivity index (χ2v) is 12.0. The fourth-order valence-electron chi connectivity index (χ4n) is 7.59. The average Bonchev–Trinajstić information content (AvgIpc) is 3.08. The summed E-state index contributed by atoms with van der Waals surface area (Å²) in [6.45, 7) is 6.88. The third-order valence-corrected chi connectivity index (χ3v) is 8.94. The largest absolute Gasteiger partial charge is 0.352 e. The molecule has 4 aliphatic carbocycles. The zero-order chi connectivity index (χ0) is 23.8. The van der Waals surface area contributed by atoms with Crippen molar-refractivity contribution in [2.24, 2.45) is 35.5 Å². The van der Waals surface area contributed by atoms with Gasteiger partial charge in [0, 0.05) is 38.6 Å². The lowest BCUT2D eigenvalue weighted by Gasteiger charge is -2.54. The zero-order valence-electron chi connectivity index (χ0n) is 20.9. The maximum Gasteiger partial charge on any atom is 0.259 e. The van der Waals surface area contributed by atoms with Crippen LogP contribution in [0.1, 0.15) is 92.4 Å². The van der Waals surface area contributed by atoms with E-state index >= 15 is 0 Å². The molecule has 2 heterocycles. The molecule has 1 saturated heterocycles. The Labute approximate surface area is 203 Å². The van der Waals surface area contributed by atoms with Crippen molar-refractivity contribution in [1.82, 2.24) is 14.8 Å². The first-order valence-electron chi connectivity index (χ1n) is 13.7. The lowest BCUT2D eigenvalue weighted by molar-refractivity contribution is -0.0347. The van der Waals surface area contributed by atoms with Gasteiger partial charge in [-0.15, -0.1) is 0 Å². The third kappa shape index (κ3) is 4.83. The lowest BCUT2D eigenvalue weighted by atomic mass is 9.52. The molecule has 4 saturated carbocycles. The molecule has 0 radical (unpaired) electrons. The van der Waals surface area contributed by atoms with Crippen LogP contribution in [0.3, 0.4) is 0 Å². The van der Waals surface area contributed by atoms with Crippen molar-refractivity contribution in [3.63, 3.8) is 0 Å². The molecule has 1 N–H and O–H groups in total. The van der Waals surface area contributed by atoms with Gasteiger partial charge in [0.2, 0.25) is 5.43 Å². The van der Waals surface area contributed by atoms with E-state index in [1.165, 1.54) is 32.1 Å². The fraction of sp³-hybridized carbons (Fsp3) is 0.750. The first kappa shape index (κ1) is 23.6. The van der Waals surface area contributed by atoms with E-state index in [2.05, 4.69) is 19.2 Å². The molecule has 186 valence electrons. The molecule has 6 nitrogen and oxygen atoms in total. The summed E-state index contributed by atoms with van der Waals surface area (Å²) >= 11 is 0. The van der Waals surface area contributed by atoms with Crippen LogP contribution >= 0.6 is 0 Å². The van der Waals surface area contributed by atoms with Crippen molar-refractivity contribution < 1.29 is 9.59 Å². The Kier molecular flexibility index (Phi) is 6.85. The van der Waals surface area contributed by atoms with Gasteiger partial charge in [-0.25, -0.2) is 0 Å². The van der Waals surface area contributed by atoms with E-state index in [1.807, 2.05) is 4.57 Å². The van der Waals surface area contributed by atoms with Crippen LogP contribution in [-0.2, 0) is 6.54 Å². The van der Waals surface area contributed by atoms with Crippen LogP contribution < -0.4 is 10.7 Å². The van der Waals surface area contributed by atoms with Gasteiger partial charge in [-0.1, -0.05) is 26.7 Å². The minimum Gasteiger partial charge on any atom is -0.352 e. The van der Waals surface area contributed by atoms with Crippen molar-refractivity contribution in [3.05, 3.63) is 33.7 Å². The smallest absolute Gasteiger partial charge is 0.259 e. The maximum atomic E-state index is 13.4. The average molecular weight is 468 g/mol. The van der Waals surface area contributed by atoms with Crippen LogP contribution in [0.15, 0.2) is 17.2 Å². The highest BCUT2D eigenvalue weighted by Gasteiger charge is 2.48. The van der Waals surface area contributed by atoms with E-state index in [0.717, 1.165) is 49.4 Å². The van der Waals surface area contributed by atoms with Gasteiger partial charge in [0.15, 0.2) is 0 Å². The summed E-state index contributed by atoms with van der Waals surface area (Å²) in [5.41, 5.74) is -0.160. The van der Waals surface area contributed by atoms with Gasteiger partial charge >= 0.3 is 0 Å². The number of hydrogen-bond donors (Lipinski definition) is 1. The Hall–Kier alpha value is -2.11. The summed E-state index contributed by atoms with van der Waals surface area (Å²) in [7, 11) is 0. The highest BCUT2D eigenvalue weighted by molar-refractivity contribution is 5.99. The SMILES string of the molecule is CC(C)Cn1cc(C(=O)NCC2C3CC4CC(C3)CC2C4)c(=O)c(C(=O)N2CCCCCC2)c1. The summed E-state index contributed by atoms with van der Waals surface area (Å²) in [6, 6.07) is 0. The quantitative estimate of drug-likeness (QED) is 0.677. The van der Waals surface area contributed by atoms with Gasteiger partial charge in [-0.05, 0) is 80.5 Å². The number of rotatable bonds is 6. The number of carbonyl (C=O) groups is 2. The molecule has 6 rings (SSSR count). The molecule has 4 bridgehead atoms. The van der Waals surface area contributed by atoms with E-state index in [1.54, 1.807) is 17.3 Å². The predicted molar refractivity (Wildman–Crippen MR) is 133 cm³/mol. The van der Waals surface area contributed by atoms with E-state index in [4.69, 9.17) is 0 Å². The molecular weight excluding hydrogens is 426 g/mol. The topological polar surface area (TPSA) is 71.4 Å². The van der Waals surface area contributed by atoms with Crippen molar-refractivity contribution in [2.75, 3.05) is 19.6 Å². The van der Waals surface area contributed by atoms with Crippen LogP contribution in [0.4, 0.5) is 0 Å². The minimum absolute atomic E-state index is 0.116. The number of likely N-dealkylation sites (tertiary alicyclic amines) is 1. The number of hydrogen-bond acceptors (Lipinski definition) is 3. The van der Waals surface area contributed by atoms with Crippen molar-refractivity contribution in [1.29, 1.82) is 0 Å². The molecular formula is C28H41N3O3. The third-order valence-electron chi connectivity index (χ3n) is 8.94. The molecule has 1 aromatic heterocycles. The maximum absolute atomic E-state index is 13.4. The second-order valence-electron chi connectivity index (χ2n) is 12.0. The van der Waals surface area contributed by atoms with Crippen LogP contribution in [-0.4, -0.2) is 40.9 Å². The molecule has 2 amide bonds. The lowest BCUT2D eigenvalue weighted by Crippen LogP contribution is -2.49. The van der Waals surface area contributed by atoms with Crippen molar-refractivity contribution in [2.45, 2.75) is 78.2 Å².